The predicted molar refractivity (Wildman–Crippen MR) is 474 cm³/mol. The summed E-state index contributed by atoms with van der Waals surface area (Å²) in [4.78, 5) is 164. The van der Waals surface area contributed by atoms with E-state index in [9.17, 15) is 67.7 Å². The number of nitrogens with one attached hydrogen (secondary N) is 10. The number of urea groups is 1. The van der Waals surface area contributed by atoms with E-state index in [0.717, 1.165) is 71.9 Å². The maximum Gasteiger partial charge on any atom is 0.408 e. The zero-order valence-corrected chi connectivity index (χ0v) is 74.0. The lowest BCUT2D eigenvalue weighted by Crippen LogP contribution is -2.60. The highest BCUT2D eigenvalue weighted by Gasteiger charge is 2.59. The lowest BCUT2D eigenvalue weighted by Gasteiger charge is -2.56. The maximum absolute atomic E-state index is 14.9. The van der Waals surface area contributed by atoms with Crippen molar-refractivity contribution in [3.8, 4) is 17.6 Å². The summed E-state index contributed by atoms with van der Waals surface area (Å²) < 4.78 is 32.8. The van der Waals surface area contributed by atoms with Gasteiger partial charge in [-0.1, -0.05) is 121 Å². The Balaban J connectivity index is 0.635. The number of fused-ring (bicyclic) bond motifs is 8. The van der Waals surface area contributed by atoms with Crippen molar-refractivity contribution in [2.24, 2.45) is 34.3 Å². The molecule has 0 unspecified atom stereocenters. The van der Waals surface area contributed by atoms with Crippen molar-refractivity contribution >= 4 is 88.3 Å². The molecule has 5 aromatic carbocycles. The minimum absolute atomic E-state index is 0.000468. The van der Waals surface area contributed by atoms with Crippen LogP contribution in [0.15, 0.2) is 109 Å². The number of nitrogens with two attached hydrogens (primary N) is 1. The van der Waals surface area contributed by atoms with Crippen LogP contribution in [0.1, 0.15) is 189 Å². The van der Waals surface area contributed by atoms with Crippen LogP contribution >= 0.6 is 0 Å². The first-order valence-electron chi connectivity index (χ1n) is 44.3. The van der Waals surface area contributed by atoms with Gasteiger partial charge in [0.2, 0.25) is 59.1 Å². The van der Waals surface area contributed by atoms with E-state index in [2.05, 4.69) is 78.9 Å². The number of primary amides is 1. The number of alkyl carbamates (subject to hydrolysis) is 1. The number of carbonyl (C=O) groups excluding carboxylic acids is 12. The number of aliphatic hydroxyl groups is 1. The monoisotopic (exact) mass is 1750 g/mol. The van der Waals surface area contributed by atoms with Crippen molar-refractivity contribution in [3.63, 3.8) is 0 Å². The Labute approximate surface area is 742 Å². The van der Waals surface area contributed by atoms with Gasteiger partial charge >= 0.3 is 12.1 Å². The molecular formula is C95H126N12O20. The van der Waals surface area contributed by atoms with E-state index in [4.69, 9.17) is 34.2 Å². The zero-order valence-electron chi connectivity index (χ0n) is 74.0. The molecule has 2 fully saturated rings. The molecule has 14 N–H and O–H groups in total. The lowest BCUT2D eigenvalue weighted by atomic mass is 9.49. The molecule has 32 heteroatoms. The number of aliphatic hydroxyl groups excluding tert-OH is 1. The highest BCUT2D eigenvalue weighted by molar-refractivity contribution is 6.02. The Kier molecular flexibility index (Phi) is 36.2. The van der Waals surface area contributed by atoms with Crippen molar-refractivity contribution in [2.45, 2.75) is 205 Å². The van der Waals surface area contributed by atoms with Gasteiger partial charge in [0.25, 0.3) is 0 Å². The maximum atomic E-state index is 14.9. The van der Waals surface area contributed by atoms with Crippen LogP contribution in [0.3, 0.4) is 0 Å². The van der Waals surface area contributed by atoms with Crippen LogP contribution < -0.4 is 63.8 Å². The van der Waals surface area contributed by atoms with Crippen molar-refractivity contribution in [3.05, 3.63) is 154 Å². The van der Waals surface area contributed by atoms with Crippen LogP contribution in [0.4, 0.5) is 26.7 Å². The molecule has 1 heterocycles. The van der Waals surface area contributed by atoms with Gasteiger partial charge in [-0.25, -0.2) is 9.59 Å². The fourth-order valence-corrected chi connectivity index (χ4v) is 18.7. The number of unbranched alkanes of at least 4 members (excludes halogenated alkanes) is 1. The largest absolute Gasteiger partial charge is 0.508 e. The smallest absolute Gasteiger partial charge is 0.408 e. The van der Waals surface area contributed by atoms with E-state index in [0.29, 0.717) is 62.0 Å². The lowest BCUT2D eigenvalue weighted by molar-refractivity contribution is -0.150. The SMILES string of the molecule is COCC(=O)NCCCC[C@@H](NC(=O)CCOCCOCCOCCOCCNC(=O)CCC(=O)N1Cc2ccccc2C#Cc2ccccc21)C(=O)N[C@H](C(=O)N[C@@H](CCCNC(N)=O)C(=O)Nc1ccc(COC(=O)N[C@@H](CO)C(=O)Nc2ccc3c(c2)[C@@]2(C)CCC[C@](C)(C(=O)NC(=O)[C@@]4(C)CCC[C@]5(C)c6cc(O)ccc6CC[C@@H]45)[C@@H]2CC3)cc1)C(C)C. The number of phenols is 1. The second kappa shape index (κ2) is 46.9. The van der Waals surface area contributed by atoms with Gasteiger partial charge in [0.05, 0.1) is 82.5 Å². The van der Waals surface area contributed by atoms with Gasteiger partial charge in [0.1, 0.15) is 43.1 Å². The molecule has 10 rings (SSSR count). The Morgan fingerprint density at radius 1 is 0.528 bits per heavy atom. The number of carbonyl (C=O) groups is 12. The standard InChI is InChI=1S/C95H126N12O20/c1-61(2)83(105-85(115)73(20-12-13-44-97-81(112)60-122-7)102-80(111)39-47-123-49-51-125-53-54-126-52-50-124-48-46-98-79(110)37-38-82(113)107-57-67-19-9-8-17-63(67)25-26-66-18-10-11-22-76(66)107)87(117)103-74(21-14-45-99-90(96)120)84(114)100-68-31-23-62(24-32-68)59-127-91(121)104-75(58-108)86(116)101-69-33-27-64-29-35-77-92(3,71(64)55-69)40-15-42-94(77,5)88(118)106-89(119)95(6)43-16-41-93(4)72-56-70(109)34-28-65(72)30-36-78(93)95/h8-11,17-19,22-24,27-28,31-34,55-56,61,73-75,77-78,83,108-109H,12-16,20-21,29-30,35-54,57-60H2,1-7H3,(H,97,112)(H,98,110)(H,100,114)(H,101,116)(H,102,111)(H,103,117)(H,104,121)(H,105,115)(H3,96,99,120)(H,106,118,119)/t73-,74+,75+,77-,78-,83+,92-,93-,94+,95+/m1/s1. The van der Waals surface area contributed by atoms with Gasteiger partial charge in [-0.15, -0.1) is 0 Å². The summed E-state index contributed by atoms with van der Waals surface area (Å²) in [6, 6.07) is 26.7. The number of nitrogens with zero attached hydrogens (tertiary/aromatic N) is 1. The summed E-state index contributed by atoms with van der Waals surface area (Å²) in [7, 11) is 1.39. The van der Waals surface area contributed by atoms with Crippen molar-refractivity contribution in [1.82, 2.24) is 42.5 Å². The molecule has 686 valence electrons. The van der Waals surface area contributed by atoms with E-state index in [1.165, 1.54) is 24.8 Å². The number of benzene rings is 5. The first-order chi connectivity index (χ1) is 61.0. The summed E-state index contributed by atoms with van der Waals surface area (Å²) in [5.41, 5.74) is 11.5. The van der Waals surface area contributed by atoms with E-state index < -0.39 is 94.6 Å². The van der Waals surface area contributed by atoms with E-state index in [1.54, 1.807) is 43.0 Å². The zero-order chi connectivity index (χ0) is 91.3. The van der Waals surface area contributed by atoms with Crippen LogP contribution in [0, 0.1) is 40.4 Å². The first kappa shape index (κ1) is 97.8. The number of aryl methyl sites for hydroxylation is 2. The Morgan fingerprint density at radius 2 is 1.09 bits per heavy atom. The number of amides is 13. The van der Waals surface area contributed by atoms with Crippen molar-refractivity contribution < 1.29 is 96.2 Å². The molecule has 4 aliphatic carbocycles. The summed E-state index contributed by atoms with van der Waals surface area (Å²) in [6.45, 7) is 13.1. The number of para-hydroxylation sites is 1. The quantitative estimate of drug-likeness (QED) is 0.0101. The molecule has 10 atom stereocenters. The highest BCUT2D eigenvalue weighted by Crippen LogP contribution is 2.60. The van der Waals surface area contributed by atoms with Crippen LogP contribution in [-0.2, 0) is 113 Å². The minimum atomic E-state index is -1.43. The summed E-state index contributed by atoms with van der Waals surface area (Å²) >= 11 is 0. The third-order valence-electron chi connectivity index (χ3n) is 25.5. The number of rotatable bonds is 45. The Bertz CT molecular complexity index is 4770. The highest BCUT2D eigenvalue weighted by atomic mass is 16.6. The van der Waals surface area contributed by atoms with Crippen LogP contribution in [0.2, 0.25) is 0 Å². The van der Waals surface area contributed by atoms with Crippen LogP contribution in [0.25, 0.3) is 0 Å². The molecule has 0 radical (unpaired) electrons. The van der Waals surface area contributed by atoms with E-state index in [-0.39, 0.29) is 182 Å². The van der Waals surface area contributed by atoms with Gasteiger partial charge in [0.15, 0.2) is 0 Å². The molecule has 5 aliphatic rings. The molecule has 5 aromatic rings. The topological polar surface area (TPSA) is 450 Å². The number of phenolic OH excluding ortho intramolecular Hbond substituents is 1. The number of hydrogen-bond donors (Lipinski definition) is 13. The van der Waals surface area contributed by atoms with Crippen LogP contribution in [0.5, 0.6) is 5.75 Å². The van der Waals surface area contributed by atoms with Crippen LogP contribution in [-0.4, -0.2) is 198 Å². The molecule has 0 bridgehead atoms. The number of imide groups is 1. The van der Waals surface area contributed by atoms with Gasteiger partial charge in [-0.3, -0.25) is 53.3 Å². The second-order valence-corrected chi connectivity index (χ2v) is 34.8. The predicted octanol–water partition coefficient (Wildman–Crippen LogP) is 7.71. The fourth-order valence-electron chi connectivity index (χ4n) is 18.7. The fraction of sp³-hybridized carbons (Fsp3) is 0.537. The molecule has 32 nitrogen and oxygen atoms in total. The molecule has 0 spiro atoms. The molecule has 0 saturated heterocycles. The Morgan fingerprint density at radius 3 is 1.73 bits per heavy atom. The van der Waals surface area contributed by atoms with Gasteiger partial charge in [-0.2, -0.15) is 0 Å². The Hall–Kier alpha value is -11.3. The van der Waals surface area contributed by atoms with Crippen molar-refractivity contribution in [2.75, 3.05) is 108 Å². The third-order valence-corrected chi connectivity index (χ3v) is 25.5. The normalized spacial score (nSPS) is 20.3. The number of ether oxygens (including phenoxy) is 6. The summed E-state index contributed by atoms with van der Waals surface area (Å²) in [6.07, 6.45) is 7.36. The molecular weight excluding hydrogens is 1630 g/mol. The number of hydrogen-bond acceptors (Lipinski definition) is 20. The van der Waals surface area contributed by atoms with Gasteiger partial charge < -0.3 is 97.1 Å². The average molecular weight is 1760 g/mol. The molecule has 13 amide bonds. The molecule has 1 aliphatic heterocycles. The molecule has 0 aromatic heterocycles. The summed E-state index contributed by atoms with van der Waals surface area (Å²) in [5, 5.41) is 48.3. The molecule has 2 saturated carbocycles. The number of methoxy groups -OCH3 is 1. The first-order valence-corrected chi connectivity index (χ1v) is 44.3. The number of anilines is 3. The van der Waals surface area contributed by atoms with Gasteiger partial charge in [-0.05, 0) is 200 Å². The van der Waals surface area contributed by atoms with Gasteiger partial charge in [0, 0.05) is 68.5 Å². The average Bonchev–Trinajstić information content (AvgIpc) is 0.719. The van der Waals surface area contributed by atoms with E-state index >= 15 is 0 Å². The minimum Gasteiger partial charge on any atom is -0.508 e. The van der Waals surface area contributed by atoms with E-state index in [1.807, 2.05) is 86.6 Å². The third kappa shape index (κ3) is 26.7. The second-order valence-electron chi connectivity index (χ2n) is 34.8. The molecule has 127 heavy (non-hydrogen) atoms. The van der Waals surface area contributed by atoms with Crippen molar-refractivity contribution in [1.29, 1.82) is 0 Å². The summed E-state index contributed by atoms with van der Waals surface area (Å²) in [5.74, 6) is 1.24. The number of aromatic hydroxyl groups is 1.